The lowest BCUT2D eigenvalue weighted by Gasteiger charge is -2.60. The Balaban J connectivity index is 1.18. The van der Waals surface area contributed by atoms with Crippen molar-refractivity contribution in [2.75, 3.05) is 19.6 Å². The summed E-state index contributed by atoms with van der Waals surface area (Å²) >= 11 is 0. The number of unbranched alkanes of at least 4 members (excludes halogenated alkanes) is 4. The van der Waals surface area contributed by atoms with Gasteiger partial charge in [-0.25, -0.2) is 0 Å². The quantitative estimate of drug-likeness (QED) is 0.125. The van der Waals surface area contributed by atoms with Gasteiger partial charge in [-0.1, -0.05) is 55.7 Å². The van der Waals surface area contributed by atoms with Gasteiger partial charge in [0, 0.05) is 55.1 Å². The number of benzene rings is 2. The van der Waals surface area contributed by atoms with E-state index in [9.17, 15) is 14.7 Å². The molecule has 1 N–H and O–H groups in total. The van der Waals surface area contributed by atoms with Gasteiger partial charge in [0.05, 0.1) is 6.04 Å². The molecule has 7 nitrogen and oxygen atoms in total. The maximum Gasteiger partial charge on any atom is 0.308 e. The highest BCUT2D eigenvalue weighted by Crippen LogP contribution is 2.65. The number of ether oxygens (including phenoxy) is 2. The number of likely N-dealkylation sites (N-methyl/N-ethyl adjacent to an activating group) is 1. The molecular formula is C37H48N2O5. The van der Waals surface area contributed by atoms with E-state index < -0.39 is 5.97 Å². The van der Waals surface area contributed by atoms with Gasteiger partial charge in [0.25, 0.3) is 0 Å². The van der Waals surface area contributed by atoms with Crippen LogP contribution in [0.5, 0.6) is 17.2 Å². The molecule has 2 aromatic rings. The van der Waals surface area contributed by atoms with E-state index in [0.29, 0.717) is 30.4 Å². The molecule has 2 aliphatic carbocycles. The van der Waals surface area contributed by atoms with Crippen LogP contribution >= 0.6 is 0 Å². The summed E-state index contributed by atoms with van der Waals surface area (Å²) < 4.78 is 12.5. The van der Waals surface area contributed by atoms with E-state index in [-0.39, 0.29) is 35.3 Å². The average Bonchev–Trinajstić information content (AvgIpc) is 3.35. The first kappa shape index (κ1) is 30.7. The van der Waals surface area contributed by atoms with Gasteiger partial charge in [0.1, 0.15) is 11.9 Å². The number of phenols is 1. The largest absolute Gasteiger partial charge is 0.508 e. The lowest BCUT2D eigenvalue weighted by atomic mass is 9.50. The molecule has 1 amide bonds. The molecule has 1 spiro atoms. The molecule has 2 fully saturated rings. The van der Waals surface area contributed by atoms with Crippen molar-refractivity contribution in [2.45, 2.75) is 108 Å². The van der Waals surface area contributed by atoms with Gasteiger partial charge < -0.3 is 19.5 Å². The third-order valence-corrected chi connectivity index (χ3v) is 10.9. The summed E-state index contributed by atoms with van der Waals surface area (Å²) in [5.41, 5.74) is 3.01. The third kappa shape index (κ3) is 5.42. The molecule has 1 saturated carbocycles. The number of aromatic hydroxyl groups is 1. The van der Waals surface area contributed by atoms with E-state index in [1.165, 1.54) is 25.3 Å². The molecule has 5 atom stereocenters. The summed E-state index contributed by atoms with van der Waals surface area (Å²) in [6.45, 7) is 9.81. The number of esters is 1. The monoisotopic (exact) mass is 600 g/mol. The minimum atomic E-state index is -0.440. The molecule has 4 aliphatic rings. The van der Waals surface area contributed by atoms with Gasteiger partial charge in [-0.15, -0.1) is 6.58 Å². The highest BCUT2D eigenvalue weighted by atomic mass is 16.6. The number of carbonyl (C=O) groups is 2. The fourth-order valence-corrected chi connectivity index (χ4v) is 9.11. The Kier molecular flexibility index (Phi) is 9.04. The molecule has 2 aliphatic heterocycles. The van der Waals surface area contributed by atoms with Crippen LogP contribution in [0, 0.1) is 5.92 Å². The molecule has 44 heavy (non-hydrogen) atoms. The number of aryl methyl sites for hydroxylation is 1. The predicted octanol–water partition coefficient (Wildman–Crippen LogP) is 6.34. The van der Waals surface area contributed by atoms with Gasteiger partial charge in [-0.2, -0.15) is 0 Å². The second kappa shape index (κ2) is 13.0. The van der Waals surface area contributed by atoms with Crippen LogP contribution in [0.4, 0.5) is 0 Å². The Labute approximate surface area is 262 Å². The van der Waals surface area contributed by atoms with Gasteiger partial charge in [-0.3, -0.25) is 14.5 Å². The van der Waals surface area contributed by atoms with Crippen LogP contribution in [-0.4, -0.2) is 64.6 Å². The van der Waals surface area contributed by atoms with Gasteiger partial charge in [-0.05, 0) is 69.9 Å². The molecule has 0 aromatic heterocycles. The maximum absolute atomic E-state index is 13.8. The minimum Gasteiger partial charge on any atom is -0.508 e. The van der Waals surface area contributed by atoms with Crippen LogP contribution in [-0.2, 0) is 27.8 Å². The van der Waals surface area contributed by atoms with Crippen LogP contribution < -0.4 is 9.47 Å². The Morgan fingerprint density at radius 2 is 1.93 bits per heavy atom. The van der Waals surface area contributed by atoms with Crippen molar-refractivity contribution in [1.82, 2.24) is 9.80 Å². The van der Waals surface area contributed by atoms with Crippen molar-refractivity contribution < 1.29 is 24.2 Å². The molecule has 0 radical (unpaired) electrons. The number of hydrogen-bond acceptors (Lipinski definition) is 6. The summed E-state index contributed by atoms with van der Waals surface area (Å²) in [6, 6.07) is 12.4. The lowest BCUT2D eigenvalue weighted by Crippen LogP contribution is -2.69. The van der Waals surface area contributed by atoms with E-state index in [1.54, 1.807) is 6.07 Å². The number of amides is 1. The summed E-state index contributed by atoms with van der Waals surface area (Å²) in [4.78, 5) is 30.4. The number of phenolic OH excluding ortho intramolecular Hbond substituents is 1. The molecule has 0 unspecified atom stereocenters. The van der Waals surface area contributed by atoms with Crippen LogP contribution in [0.3, 0.4) is 0 Å². The first-order chi connectivity index (χ1) is 21.4. The van der Waals surface area contributed by atoms with Crippen molar-refractivity contribution in [2.24, 2.45) is 5.92 Å². The molecule has 2 heterocycles. The Bertz CT molecular complexity index is 1380. The highest BCUT2D eigenvalue weighted by molar-refractivity contribution is 5.77. The lowest BCUT2D eigenvalue weighted by molar-refractivity contribution is -0.142. The second-order valence-corrected chi connectivity index (χ2v) is 13.2. The maximum atomic E-state index is 13.8. The Morgan fingerprint density at radius 3 is 2.68 bits per heavy atom. The third-order valence-electron chi connectivity index (χ3n) is 10.9. The number of likely N-dealkylation sites (tertiary alicyclic amines) is 1. The van der Waals surface area contributed by atoms with Crippen LogP contribution in [0.25, 0.3) is 0 Å². The van der Waals surface area contributed by atoms with Crippen molar-refractivity contribution >= 4 is 11.9 Å². The van der Waals surface area contributed by atoms with Crippen LogP contribution in [0.15, 0.2) is 49.1 Å². The predicted molar refractivity (Wildman–Crippen MR) is 171 cm³/mol. The first-order valence-corrected chi connectivity index (χ1v) is 16.8. The molecule has 236 valence electrons. The summed E-state index contributed by atoms with van der Waals surface area (Å²) in [5.74, 6) is 1.17. The van der Waals surface area contributed by atoms with E-state index >= 15 is 0 Å². The summed E-state index contributed by atoms with van der Waals surface area (Å²) in [5, 5.41) is 11.2. The molecule has 6 rings (SSSR count). The Morgan fingerprint density at radius 1 is 1.16 bits per heavy atom. The zero-order chi connectivity index (χ0) is 30.8. The second-order valence-electron chi connectivity index (χ2n) is 13.2. The number of rotatable bonds is 13. The molecule has 1 saturated heterocycles. The summed E-state index contributed by atoms with van der Waals surface area (Å²) in [6.07, 6.45) is 12.4. The number of hydrogen-bond donors (Lipinski definition) is 1. The zero-order valence-corrected chi connectivity index (χ0v) is 26.4. The molecule has 2 aromatic carbocycles. The number of carbonyl (C=O) groups excluding carboxylic acids is 2. The smallest absolute Gasteiger partial charge is 0.308 e. The fourth-order valence-electron chi connectivity index (χ4n) is 9.11. The van der Waals surface area contributed by atoms with Crippen molar-refractivity contribution in [1.29, 1.82) is 0 Å². The molecule has 2 bridgehead atoms. The van der Waals surface area contributed by atoms with Gasteiger partial charge in [0.2, 0.25) is 5.91 Å². The van der Waals surface area contributed by atoms with Crippen molar-refractivity contribution in [3.05, 3.63) is 65.7 Å². The van der Waals surface area contributed by atoms with Gasteiger partial charge >= 0.3 is 5.97 Å². The standard InChI is InChI=1S/C37H48N2O5/c1-4-21-38-22-20-37-28-18-19-29(39(5-2)33(42)17-13-8-6-7-10-14-26-15-11-9-12-16-26)36(37)44-35-32(43-25(3)40)24-31(41)27(34(35)37)23-30(28)38/h4,9,11-12,15-16,24,28-30,36,41H,1,5-8,10,13-14,17-23H2,2-3H3/t28-,29-,30+,36-,37-/m0/s1. The average molecular weight is 601 g/mol. The van der Waals surface area contributed by atoms with Gasteiger partial charge in [0.15, 0.2) is 11.5 Å². The SMILES string of the molecule is C=CCN1CC[C@]23c4c5c(O)cc(OC(C)=O)c4O[C@H]2[C@@H](N(CC)C(=O)CCCCCCCc2ccccc2)CC[C@H]3[C@H]1C5. The number of nitrogens with zero attached hydrogens (tertiary/aromatic N) is 2. The van der Waals surface area contributed by atoms with E-state index in [0.717, 1.165) is 75.6 Å². The van der Waals surface area contributed by atoms with E-state index in [4.69, 9.17) is 9.47 Å². The van der Waals surface area contributed by atoms with E-state index in [2.05, 4.69) is 53.6 Å². The highest BCUT2D eigenvalue weighted by Gasteiger charge is 2.67. The van der Waals surface area contributed by atoms with Crippen molar-refractivity contribution in [3.8, 4) is 17.2 Å². The molecule has 7 heteroatoms. The zero-order valence-electron chi connectivity index (χ0n) is 26.4. The normalized spacial score (nSPS) is 26.4. The Hall–Kier alpha value is -3.32. The van der Waals surface area contributed by atoms with E-state index in [1.807, 2.05) is 6.08 Å². The van der Waals surface area contributed by atoms with Crippen LogP contribution in [0.2, 0.25) is 0 Å². The summed E-state index contributed by atoms with van der Waals surface area (Å²) in [7, 11) is 0. The number of piperidine rings is 1. The van der Waals surface area contributed by atoms with Crippen LogP contribution in [0.1, 0.15) is 88.3 Å². The minimum absolute atomic E-state index is 0.0631. The van der Waals surface area contributed by atoms with Crippen molar-refractivity contribution in [3.63, 3.8) is 0 Å². The molecular weight excluding hydrogens is 552 g/mol. The fraction of sp³-hybridized carbons (Fsp3) is 0.568. The first-order valence-electron chi connectivity index (χ1n) is 16.8. The topological polar surface area (TPSA) is 79.3 Å².